The van der Waals surface area contributed by atoms with Crippen LogP contribution in [-0.4, -0.2) is 25.9 Å². The van der Waals surface area contributed by atoms with Gasteiger partial charge in [0.25, 0.3) is 0 Å². The fourth-order valence-electron chi connectivity index (χ4n) is 3.07. The van der Waals surface area contributed by atoms with Gasteiger partial charge in [-0.05, 0) is 49.9 Å². The average Bonchev–Trinajstić information content (AvgIpc) is 3.49. The van der Waals surface area contributed by atoms with Crippen molar-refractivity contribution in [2.45, 2.75) is 49.6 Å². The van der Waals surface area contributed by atoms with E-state index in [-0.39, 0.29) is 11.7 Å². The predicted molar refractivity (Wildman–Crippen MR) is 113 cm³/mol. The average molecular weight is 411 g/mol. The standard InChI is InChI=1S/C22H23FN4OS/c1-14-8-11-18(12-19(14)23)24-21(28)15(2)29-22-26-25-20(17-9-10-17)27(22)13-16-6-4-3-5-7-16/h3-8,11-12,15,17H,9-10,13H2,1-2H3,(H,24,28)/t15-/m1/s1. The molecule has 1 atom stereocenters. The van der Waals surface area contributed by atoms with E-state index in [4.69, 9.17) is 0 Å². The molecule has 0 aliphatic heterocycles. The lowest BCUT2D eigenvalue weighted by Crippen LogP contribution is -2.23. The molecule has 1 aliphatic carbocycles. The van der Waals surface area contributed by atoms with Gasteiger partial charge in [-0.25, -0.2) is 4.39 Å². The van der Waals surface area contributed by atoms with Crippen molar-refractivity contribution in [2.75, 3.05) is 5.32 Å². The first-order valence-corrected chi connectivity index (χ1v) is 10.6. The van der Waals surface area contributed by atoms with Crippen molar-refractivity contribution in [1.82, 2.24) is 14.8 Å². The number of halogens is 1. The predicted octanol–water partition coefficient (Wildman–Crippen LogP) is 4.77. The van der Waals surface area contributed by atoms with Crippen LogP contribution in [0.1, 0.15) is 42.6 Å². The molecule has 4 rings (SSSR count). The highest BCUT2D eigenvalue weighted by molar-refractivity contribution is 8.00. The lowest BCUT2D eigenvalue weighted by atomic mass is 10.2. The number of hydrogen-bond donors (Lipinski definition) is 1. The summed E-state index contributed by atoms with van der Waals surface area (Å²) in [5.74, 6) is 0.921. The quantitative estimate of drug-likeness (QED) is 0.570. The highest BCUT2D eigenvalue weighted by atomic mass is 32.2. The van der Waals surface area contributed by atoms with Gasteiger partial charge in [-0.15, -0.1) is 10.2 Å². The third-order valence-corrected chi connectivity index (χ3v) is 6.04. The Morgan fingerprint density at radius 3 is 2.69 bits per heavy atom. The van der Waals surface area contributed by atoms with Crippen LogP contribution < -0.4 is 5.32 Å². The summed E-state index contributed by atoms with van der Waals surface area (Å²) in [6, 6.07) is 14.9. The van der Waals surface area contributed by atoms with Crippen LogP contribution in [-0.2, 0) is 11.3 Å². The van der Waals surface area contributed by atoms with E-state index in [1.165, 1.54) is 23.4 Å². The van der Waals surface area contributed by atoms with Gasteiger partial charge in [-0.2, -0.15) is 0 Å². The zero-order valence-corrected chi connectivity index (χ0v) is 17.2. The van der Waals surface area contributed by atoms with Crippen LogP contribution in [0.2, 0.25) is 0 Å². The van der Waals surface area contributed by atoms with Gasteiger partial charge in [-0.1, -0.05) is 48.2 Å². The molecule has 1 fully saturated rings. The molecule has 0 bridgehead atoms. The van der Waals surface area contributed by atoms with Crippen LogP contribution in [0.5, 0.6) is 0 Å². The highest BCUT2D eigenvalue weighted by Gasteiger charge is 2.31. The monoisotopic (exact) mass is 410 g/mol. The Morgan fingerprint density at radius 2 is 2.00 bits per heavy atom. The Balaban J connectivity index is 1.49. The number of nitrogens with one attached hydrogen (secondary N) is 1. The summed E-state index contributed by atoms with van der Waals surface area (Å²) in [6.45, 7) is 4.19. The number of hydrogen-bond acceptors (Lipinski definition) is 4. The van der Waals surface area contributed by atoms with Crippen molar-refractivity contribution in [3.8, 4) is 0 Å². The van der Waals surface area contributed by atoms with Gasteiger partial charge in [0.1, 0.15) is 11.6 Å². The van der Waals surface area contributed by atoms with E-state index in [9.17, 15) is 9.18 Å². The van der Waals surface area contributed by atoms with Gasteiger partial charge < -0.3 is 9.88 Å². The number of aromatic nitrogens is 3. The first-order chi connectivity index (χ1) is 14.0. The van der Waals surface area contributed by atoms with Gasteiger partial charge in [-0.3, -0.25) is 4.79 Å². The largest absolute Gasteiger partial charge is 0.325 e. The van der Waals surface area contributed by atoms with Crippen molar-refractivity contribution < 1.29 is 9.18 Å². The van der Waals surface area contributed by atoms with Gasteiger partial charge >= 0.3 is 0 Å². The molecule has 1 aromatic heterocycles. The number of anilines is 1. The first kappa shape index (κ1) is 19.6. The van der Waals surface area contributed by atoms with Crippen molar-refractivity contribution in [1.29, 1.82) is 0 Å². The van der Waals surface area contributed by atoms with Gasteiger partial charge in [0, 0.05) is 11.6 Å². The summed E-state index contributed by atoms with van der Waals surface area (Å²) in [5.41, 5.74) is 2.17. The second kappa shape index (κ2) is 8.37. The molecule has 150 valence electrons. The maximum atomic E-state index is 13.7. The lowest BCUT2D eigenvalue weighted by Gasteiger charge is -2.14. The van der Waals surface area contributed by atoms with Gasteiger partial charge in [0.05, 0.1) is 11.8 Å². The van der Waals surface area contributed by atoms with Crippen LogP contribution in [0.4, 0.5) is 10.1 Å². The van der Waals surface area contributed by atoms with Gasteiger partial charge in [0.15, 0.2) is 5.16 Å². The SMILES string of the molecule is Cc1ccc(NC(=O)[C@@H](C)Sc2nnc(C3CC3)n2Cc2ccccc2)cc1F. The van der Waals surface area contributed by atoms with E-state index in [0.717, 1.165) is 23.8 Å². The van der Waals surface area contributed by atoms with Crippen LogP contribution in [0, 0.1) is 12.7 Å². The minimum absolute atomic E-state index is 0.194. The number of carbonyl (C=O) groups is 1. The third-order valence-electron chi connectivity index (χ3n) is 4.96. The number of amides is 1. The summed E-state index contributed by atoms with van der Waals surface area (Å²) in [5, 5.41) is 11.9. The summed E-state index contributed by atoms with van der Waals surface area (Å²) >= 11 is 1.37. The Kier molecular flexibility index (Phi) is 5.67. The Labute approximate surface area is 173 Å². The Morgan fingerprint density at radius 1 is 1.24 bits per heavy atom. The molecule has 7 heteroatoms. The molecule has 29 heavy (non-hydrogen) atoms. The van der Waals surface area contributed by atoms with Gasteiger partial charge in [0.2, 0.25) is 5.91 Å². The van der Waals surface area contributed by atoms with E-state index < -0.39 is 5.25 Å². The molecule has 0 unspecified atom stereocenters. The second-order valence-corrected chi connectivity index (χ2v) is 8.71. The van der Waals surface area contributed by atoms with Crippen molar-refractivity contribution >= 4 is 23.4 Å². The topological polar surface area (TPSA) is 59.8 Å². The van der Waals surface area contributed by atoms with E-state index in [1.54, 1.807) is 19.1 Å². The van der Waals surface area contributed by atoms with Crippen molar-refractivity contribution in [2.24, 2.45) is 0 Å². The second-order valence-electron chi connectivity index (χ2n) is 7.40. The molecular formula is C22H23FN4OS. The molecule has 1 aliphatic rings. The van der Waals surface area contributed by atoms with Crippen LogP contribution in [0.25, 0.3) is 0 Å². The summed E-state index contributed by atoms with van der Waals surface area (Å²) in [4.78, 5) is 12.6. The maximum absolute atomic E-state index is 13.7. The number of rotatable bonds is 7. The molecule has 1 heterocycles. The number of thioether (sulfide) groups is 1. The molecule has 3 aromatic rings. The molecule has 0 spiro atoms. The molecule has 1 saturated carbocycles. The van der Waals surface area contributed by atoms with E-state index in [0.29, 0.717) is 23.7 Å². The summed E-state index contributed by atoms with van der Waals surface area (Å²) < 4.78 is 15.9. The summed E-state index contributed by atoms with van der Waals surface area (Å²) in [7, 11) is 0. The molecule has 0 saturated heterocycles. The number of benzene rings is 2. The Hall–Kier alpha value is -2.67. The zero-order chi connectivity index (χ0) is 20.4. The smallest absolute Gasteiger partial charge is 0.237 e. The number of aryl methyl sites for hydroxylation is 1. The van der Waals surface area contributed by atoms with Crippen molar-refractivity contribution in [3.63, 3.8) is 0 Å². The third kappa shape index (κ3) is 4.67. The number of carbonyl (C=O) groups excluding carboxylic acids is 1. The zero-order valence-electron chi connectivity index (χ0n) is 16.4. The molecular weight excluding hydrogens is 387 g/mol. The highest BCUT2D eigenvalue weighted by Crippen LogP contribution is 2.40. The molecule has 2 aromatic carbocycles. The minimum atomic E-state index is -0.398. The van der Waals surface area contributed by atoms with Crippen LogP contribution in [0.3, 0.4) is 0 Å². The summed E-state index contributed by atoms with van der Waals surface area (Å²) in [6.07, 6.45) is 2.26. The normalized spacial score (nSPS) is 14.6. The molecule has 0 radical (unpaired) electrons. The molecule has 1 N–H and O–H groups in total. The van der Waals surface area contributed by atoms with Crippen molar-refractivity contribution in [3.05, 3.63) is 71.3 Å². The van der Waals surface area contributed by atoms with E-state index in [2.05, 4.69) is 32.2 Å². The lowest BCUT2D eigenvalue weighted by molar-refractivity contribution is -0.115. The number of nitrogens with zero attached hydrogens (tertiary/aromatic N) is 3. The first-order valence-electron chi connectivity index (χ1n) is 9.72. The fourth-order valence-corrected chi connectivity index (χ4v) is 3.93. The fraction of sp³-hybridized carbons (Fsp3) is 0.318. The molecule has 1 amide bonds. The van der Waals surface area contributed by atoms with E-state index >= 15 is 0 Å². The van der Waals surface area contributed by atoms with Crippen LogP contribution in [0.15, 0.2) is 53.7 Å². The maximum Gasteiger partial charge on any atom is 0.237 e. The minimum Gasteiger partial charge on any atom is -0.325 e. The van der Waals surface area contributed by atoms with Crippen LogP contribution >= 0.6 is 11.8 Å². The molecule has 5 nitrogen and oxygen atoms in total. The van der Waals surface area contributed by atoms with E-state index in [1.807, 2.05) is 25.1 Å². The Bertz CT molecular complexity index is 1020.